The molecule has 0 N–H and O–H groups in total. The molecule has 1 amide bonds. The largest absolute Gasteiger partial charge is 0.370 e. The van der Waals surface area contributed by atoms with Gasteiger partial charge in [-0.15, -0.1) is 0 Å². The van der Waals surface area contributed by atoms with Crippen LogP contribution in [0.3, 0.4) is 0 Å². The minimum Gasteiger partial charge on any atom is -0.370 e. The number of ether oxygens (including phenoxy) is 1. The van der Waals surface area contributed by atoms with E-state index >= 15 is 0 Å². The van der Waals surface area contributed by atoms with E-state index < -0.39 is 0 Å². The molecule has 92 valence electrons. The van der Waals surface area contributed by atoms with Gasteiger partial charge < -0.3 is 9.64 Å². The maximum Gasteiger partial charge on any atom is 0.222 e. The van der Waals surface area contributed by atoms with Crippen LogP contribution in [-0.2, 0) is 9.53 Å². The van der Waals surface area contributed by atoms with Gasteiger partial charge in [0.2, 0.25) is 5.91 Å². The van der Waals surface area contributed by atoms with Crippen LogP contribution in [0.25, 0.3) is 0 Å². The molecule has 1 aromatic rings. The Morgan fingerprint density at radius 1 is 1.59 bits per heavy atom. The monoisotopic (exact) mass is 237 g/mol. The fraction of sp³-hybridized carbons (Fsp3) is 0.462. The molecule has 0 aromatic heterocycles. The highest BCUT2D eigenvalue weighted by Crippen LogP contribution is 2.23. The first-order valence-corrected chi connectivity index (χ1v) is 5.85. The summed E-state index contributed by atoms with van der Waals surface area (Å²) in [5.74, 6) is -0.153. The van der Waals surface area contributed by atoms with Gasteiger partial charge in [0.15, 0.2) is 0 Å². The van der Waals surface area contributed by atoms with E-state index in [0.717, 1.165) is 5.56 Å². The molecule has 0 aliphatic carbocycles. The fourth-order valence-corrected chi connectivity index (χ4v) is 2.01. The van der Waals surface area contributed by atoms with E-state index in [1.807, 2.05) is 13.0 Å². The zero-order chi connectivity index (χ0) is 12.3. The van der Waals surface area contributed by atoms with Crippen molar-refractivity contribution in [2.45, 2.75) is 19.4 Å². The standard InChI is InChI=1S/C13H16FNO2/c1-2-13(16)15-6-7-17-12(9-15)10-4-3-5-11(14)8-10/h3-5,8,12H,2,6-7,9H2,1H3. The number of morpholine rings is 1. The molecule has 0 radical (unpaired) electrons. The highest BCUT2D eigenvalue weighted by molar-refractivity contribution is 5.75. The van der Waals surface area contributed by atoms with Crippen molar-refractivity contribution >= 4 is 5.91 Å². The van der Waals surface area contributed by atoms with E-state index in [1.54, 1.807) is 11.0 Å². The summed E-state index contributed by atoms with van der Waals surface area (Å²) in [6, 6.07) is 6.36. The molecule has 1 atom stereocenters. The highest BCUT2D eigenvalue weighted by Gasteiger charge is 2.24. The molecule has 3 nitrogen and oxygen atoms in total. The summed E-state index contributed by atoms with van der Waals surface area (Å²) in [6.07, 6.45) is 0.283. The van der Waals surface area contributed by atoms with Gasteiger partial charge in [-0.2, -0.15) is 0 Å². The van der Waals surface area contributed by atoms with Crippen LogP contribution in [0.5, 0.6) is 0 Å². The van der Waals surface area contributed by atoms with Gasteiger partial charge in [-0.1, -0.05) is 19.1 Å². The summed E-state index contributed by atoms with van der Waals surface area (Å²) < 4.78 is 18.7. The van der Waals surface area contributed by atoms with Gasteiger partial charge in [-0.3, -0.25) is 4.79 Å². The molecule has 0 saturated carbocycles. The molecule has 1 fully saturated rings. The van der Waals surface area contributed by atoms with Crippen molar-refractivity contribution in [1.29, 1.82) is 0 Å². The first-order chi connectivity index (χ1) is 8.20. The molecule has 0 spiro atoms. The van der Waals surface area contributed by atoms with Crippen molar-refractivity contribution in [3.63, 3.8) is 0 Å². The molecular formula is C13H16FNO2. The number of hydrogen-bond donors (Lipinski definition) is 0. The fourth-order valence-electron chi connectivity index (χ4n) is 2.01. The second-order valence-corrected chi connectivity index (χ2v) is 4.11. The first-order valence-electron chi connectivity index (χ1n) is 5.85. The topological polar surface area (TPSA) is 29.5 Å². The van der Waals surface area contributed by atoms with Crippen LogP contribution in [0.4, 0.5) is 4.39 Å². The zero-order valence-electron chi connectivity index (χ0n) is 9.86. The molecule has 1 aliphatic rings. The number of nitrogens with zero attached hydrogens (tertiary/aromatic N) is 1. The van der Waals surface area contributed by atoms with Gasteiger partial charge in [0.25, 0.3) is 0 Å². The number of hydrogen-bond acceptors (Lipinski definition) is 2. The van der Waals surface area contributed by atoms with Crippen molar-refractivity contribution in [1.82, 2.24) is 4.90 Å². The van der Waals surface area contributed by atoms with Crippen molar-refractivity contribution in [2.75, 3.05) is 19.7 Å². The summed E-state index contributed by atoms with van der Waals surface area (Å²) in [4.78, 5) is 13.4. The quantitative estimate of drug-likeness (QED) is 0.788. The summed E-state index contributed by atoms with van der Waals surface area (Å²) in [5, 5.41) is 0. The van der Waals surface area contributed by atoms with Crippen LogP contribution in [-0.4, -0.2) is 30.5 Å². The SMILES string of the molecule is CCC(=O)N1CCOC(c2cccc(F)c2)C1. The summed E-state index contributed by atoms with van der Waals surface area (Å²) in [5.41, 5.74) is 0.790. The van der Waals surface area contributed by atoms with E-state index in [2.05, 4.69) is 0 Å². The number of benzene rings is 1. The number of halogens is 1. The Kier molecular flexibility index (Phi) is 3.74. The van der Waals surface area contributed by atoms with E-state index in [0.29, 0.717) is 26.1 Å². The Bertz CT molecular complexity index is 408. The van der Waals surface area contributed by atoms with Crippen LogP contribution < -0.4 is 0 Å². The zero-order valence-corrected chi connectivity index (χ0v) is 9.86. The third-order valence-corrected chi connectivity index (χ3v) is 2.94. The normalized spacial score (nSPS) is 20.4. The molecule has 1 heterocycles. The predicted molar refractivity (Wildman–Crippen MR) is 62.0 cm³/mol. The van der Waals surface area contributed by atoms with Gasteiger partial charge in [0, 0.05) is 13.0 Å². The second-order valence-electron chi connectivity index (χ2n) is 4.11. The highest BCUT2D eigenvalue weighted by atomic mass is 19.1. The van der Waals surface area contributed by atoms with Gasteiger partial charge in [0.05, 0.1) is 13.2 Å². The lowest BCUT2D eigenvalue weighted by atomic mass is 10.1. The maximum atomic E-state index is 13.1. The molecule has 0 bridgehead atoms. The van der Waals surface area contributed by atoms with Crippen molar-refractivity contribution in [3.05, 3.63) is 35.6 Å². The average Bonchev–Trinajstić information content (AvgIpc) is 2.38. The molecule has 1 unspecified atom stereocenters. The Morgan fingerprint density at radius 3 is 3.12 bits per heavy atom. The Labute approximate surface area is 100 Å². The van der Waals surface area contributed by atoms with Gasteiger partial charge >= 0.3 is 0 Å². The number of amides is 1. The Balaban J connectivity index is 2.09. The molecule has 4 heteroatoms. The molecular weight excluding hydrogens is 221 g/mol. The third kappa shape index (κ3) is 2.82. The van der Waals surface area contributed by atoms with Crippen molar-refractivity contribution in [3.8, 4) is 0 Å². The van der Waals surface area contributed by atoms with Gasteiger partial charge in [0.1, 0.15) is 11.9 Å². The van der Waals surface area contributed by atoms with Gasteiger partial charge in [-0.25, -0.2) is 4.39 Å². The van der Waals surface area contributed by atoms with E-state index in [4.69, 9.17) is 4.74 Å². The Hall–Kier alpha value is -1.42. The van der Waals surface area contributed by atoms with Crippen LogP contribution in [0.1, 0.15) is 25.0 Å². The summed E-state index contributed by atoms with van der Waals surface area (Å²) in [6.45, 7) is 3.48. The van der Waals surface area contributed by atoms with E-state index in [-0.39, 0.29) is 17.8 Å². The van der Waals surface area contributed by atoms with Crippen LogP contribution in [0, 0.1) is 5.82 Å². The molecule has 2 rings (SSSR count). The smallest absolute Gasteiger partial charge is 0.222 e. The molecule has 1 saturated heterocycles. The first kappa shape index (κ1) is 12.0. The van der Waals surface area contributed by atoms with Gasteiger partial charge in [-0.05, 0) is 17.7 Å². The minimum absolute atomic E-state index is 0.120. The Morgan fingerprint density at radius 2 is 2.41 bits per heavy atom. The lowest BCUT2D eigenvalue weighted by Gasteiger charge is -2.33. The minimum atomic E-state index is -0.273. The lowest BCUT2D eigenvalue weighted by Crippen LogP contribution is -2.41. The molecule has 17 heavy (non-hydrogen) atoms. The average molecular weight is 237 g/mol. The van der Waals surface area contributed by atoms with Crippen LogP contribution in [0.15, 0.2) is 24.3 Å². The van der Waals surface area contributed by atoms with E-state index in [9.17, 15) is 9.18 Å². The number of carbonyl (C=O) groups excluding carboxylic acids is 1. The lowest BCUT2D eigenvalue weighted by molar-refractivity contribution is -0.138. The van der Waals surface area contributed by atoms with Crippen molar-refractivity contribution in [2.24, 2.45) is 0 Å². The van der Waals surface area contributed by atoms with Crippen LogP contribution in [0.2, 0.25) is 0 Å². The molecule has 1 aromatic carbocycles. The predicted octanol–water partition coefficient (Wildman–Crippen LogP) is 2.14. The third-order valence-electron chi connectivity index (χ3n) is 2.94. The van der Waals surface area contributed by atoms with E-state index in [1.165, 1.54) is 12.1 Å². The van der Waals surface area contributed by atoms with Crippen molar-refractivity contribution < 1.29 is 13.9 Å². The number of carbonyl (C=O) groups is 1. The summed E-state index contributed by atoms with van der Waals surface area (Å²) in [7, 11) is 0. The van der Waals surface area contributed by atoms with Crippen LogP contribution >= 0.6 is 0 Å². The summed E-state index contributed by atoms with van der Waals surface area (Å²) >= 11 is 0. The number of rotatable bonds is 2. The maximum absolute atomic E-state index is 13.1. The second kappa shape index (κ2) is 5.27. The molecule has 1 aliphatic heterocycles.